The van der Waals surface area contributed by atoms with E-state index in [9.17, 15) is 4.79 Å². The molecule has 0 heterocycles. The minimum absolute atomic E-state index is 0.0339. The lowest BCUT2D eigenvalue weighted by atomic mass is 9.92. The summed E-state index contributed by atoms with van der Waals surface area (Å²) in [5.41, 5.74) is 5.89. The maximum absolute atomic E-state index is 12.1. The van der Waals surface area contributed by atoms with Crippen molar-refractivity contribution in [3.8, 4) is 5.75 Å². The predicted octanol–water partition coefficient (Wildman–Crippen LogP) is 4.20. The van der Waals surface area contributed by atoms with Gasteiger partial charge in [-0.3, -0.25) is 4.79 Å². The molecule has 120 valence electrons. The number of amides is 1. The van der Waals surface area contributed by atoms with Crippen molar-refractivity contribution >= 4 is 11.6 Å². The van der Waals surface area contributed by atoms with Gasteiger partial charge in [-0.05, 0) is 80.0 Å². The van der Waals surface area contributed by atoms with Crippen molar-refractivity contribution in [3.63, 3.8) is 0 Å². The average molecular weight is 309 g/mol. The Kier molecular flexibility index (Phi) is 4.65. The smallest absolute Gasteiger partial charge is 0.262 e. The molecule has 3 nitrogen and oxygen atoms in total. The zero-order valence-corrected chi connectivity index (χ0v) is 13.8. The van der Waals surface area contributed by atoms with Crippen molar-refractivity contribution in [1.82, 2.24) is 0 Å². The summed E-state index contributed by atoms with van der Waals surface area (Å²) >= 11 is 0. The van der Waals surface area contributed by atoms with E-state index < -0.39 is 0 Å². The first kappa shape index (κ1) is 15.6. The lowest BCUT2D eigenvalue weighted by Gasteiger charge is -2.17. The van der Waals surface area contributed by atoms with Gasteiger partial charge in [0.1, 0.15) is 5.75 Å². The van der Waals surface area contributed by atoms with Crippen molar-refractivity contribution in [2.24, 2.45) is 0 Å². The molecule has 1 aliphatic rings. The van der Waals surface area contributed by atoms with Crippen LogP contribution in [0, 0.1) is 13.8 Å². The molecular weight excluding hydrogens is 286 g/mol. The molecule has 2 aromatic carbocycles. The fraction of sp³-hybridized carbons (Fsp3) is 0.350. The van der Waals surface area contributed by atoms with Gasteiger partial charge < -0.3 is 10.1 Å². The van der Waals surface area contributed by atoms with Crippen molar-refractivity contribution in [1.29, 1.82) is 0 Å². The molecule has 3 rings (SSSR count). The highest BCUT2D eigenvalue weighted by molar-refractivity contribution is 5.92. The SMILES string of the molecule is Cc1cccc(NC(=O)COc2ccc3c(c2)CCCC3)c1C. The minimum atomic E-state index is -0.128. The Bertz CT molecular complexity index is 722. The van der Waals surface area contributed by atoms with Crippen LogP contribution in [0.1, 0.15) is 35.1 Å². The van der Waals surface area contributed by atoms with E-state index in [0.29, 0.717) is 0 Å². The number of hydrogen-bond acceptors (Lipinski definition) is 2. The Labute approximate surface area is 137 Å². The molecule has 1 amide bonds. The first-order valence-electron chi connectivity index (χ1n) is 8.24. The first-order chi connectivity index (χ1) is 11.1. The number of benzene rings is 2. The minimum Gasteiger partial charge on any atom is -0.484 e. The number of nitrogens with one attached hydrogen (secondary N) is 1. The van der Waals surface area contributed by atoms with Crippen LogP contribution in [0.25, 0.3) is 0 Å². The Morgan fingerprint density at radius 1 is 1.09 bits per heavy atom. The van der Waals surface area contributed by atoms with Gasteiger partial charge in [0.25, 0.3) is 5.91 Å². The van der Waals surface area contributed by atoms with E-state index in [-0.39, 0.29) is 12.5 Å². The zero-order chi connectivity index (χ0) is 16.2. The number of carbonyl (C=O) groups excluding carboxylic acids is 1. The number of fused-ring (bicyclic) bond motifs is 1. The number of rotatable bonds is 4. The van der Waals surface area contributed by atoms with E-state index in [1.807, 2.05) is 38.1 Å². The number of aryl methyl sites for hydroxylation is 3. The summed E-state index contributed by atoms with van der Waals surface area (Å²) in [7, 11) is 0. The standard InChI is InChI=1S/C20H23NO2/c1-14-6-5-9-19(15(14)2)21-20(22)13-23-18-11-10-16-7-3-4-8-17(16)12-18/h5-6,9-12H,3-4,7-8,13H2,1-2H3,(H,21,22). The van der Waals surface area contributed by atoms with Gasteiger partial charge in [0.2, 0.25) is 0 Å². The van der Waals surface area contributed by atoms with Crippen LogP contribution in [0.2, 0.25) is 0 Å². The van der Waals surface area contributed by atoms with Crippen molar-refractivity contribution in [3.05, 3.63) is 58.7 Å². The zero-order valence-electron chi connectivity index (χ0n) is 13.8. The molecule has 23 heavy (non-hydrogen) atoms. The summed E-state index contributed by atoms with van der Waals surface area (Å²) in [5.74, 6) is 0.651. The maximum Gasteiger partial charge on any atom is 0.262 e. The Morgan fingerprint density at radius 3 is 2.70 bits per heavy atom. The monoisotopic (exact) mass is 309 g/mol. The summed E-state index contributed by atoms with van der Waals surface area (Å²) in [6.45, 7) is 4.08. The second kappa shape index (κ2) is 6.86. The van der Waals surface area contributed by atoms with Gasteiger partial charge in [0, 0.05) is 5.69 Å². The van der Waals surface area contributed by atoms with Gasteiger partial charge >= 0.3 is 0 Å². The summed E-state index contributed by atoms with van der Waals surface area (Å²) in [6.07, 6.45) is 4.78. The molecule has 0 radical (unpaired) electrons. The van der Waals surface area contributed by atoms with Crippen LogP contribution < -0.4 is 10.1 Å². The van der Waals surface area contributed by atoms with E-state index in [1.54, 1.807) is 0 Å². The third-order valence-electron chi connectivity index (χ3n) is 4.57. The molecule has 0 unspecified atom stereocenters. The highest BCUT2D eigenvalue weighted by Crippen LogP contribution is 2.25. The van der Waals surface area contributed by atoms with Crippen molar-refractivity contribution in [2.45, 2.75) is 39.5 Å². The molecule has 0 saturated heterocycles. The molecule has 0 fully saturated rings. The largest absolute Gasteiger partial charge is 0.484 e. The van der Waals surface area contributed by atoms with Crippen LogP contribution in [0.5, 0.6) is 5.75 Å². The molecule has 2 aromatic rings. The first-order valence-corrected chi connectivity index (χ1v) is 8.24. The topological polar surface area (TPSA) is 38.3 Å². The lowest BCUT2D eigenvalue weighted by molar-refractivity contribution is -0.118. The normalized spacial score (nSPS) is 13.3. The van der Waals surface area contributed by atoms with E-state index in [2.05, 4.69) is 17.4 Å². The Morgan fingerprint density at radius 2 is 1.87 bits per heavy atom. The van der Waals surface area contributed by atoms with Crippen LogP contribution in [-0.2, 0) is 17.6 Å². The fourth-order valence-electron chi connectivity index (χ4n) is 3.02. The summed E-state index contributed by atoms with van der Waals surface area (Å²) < 4.78 is 5.66. The summed E-state index contributed by atoms with van der Waals surface area (Å²) in [4.78, 5) is 12.1. The van der Waals surface area contributed by atoms with E-state index >= 15 is 0 Å². The van der Waals surface area contributed by atoms with Crippen LogP contribution >= 0.6 is 0 Å². The number of carbonyl (C=O) groups is 1. The van der Waals surface area contributed by atoms with Gasteiger partial charge in [0.15, 0.2) is 6.61 Å². The van der Waals surface area contributed by atoms with Gasteiger partial charge in [-0.2, -0.15) is 0 Å². The highest BCUT2D eigenvalue weighted by Gasteiger charge is 2.11. The predicted molar refractivity (Wildman–Crippen MR) is 93.1 cm³/mol. The quantitative estimate of drug-likeness (QED) is 0.919. The number of hydrogen-bond donors (Lipinski definition) is 1. The van der Waals surface area contributed by atoms with Crippen molar-refractivity contribution < 1.29 is 9.53 Å². The second-order valence-electron chi connectivity index (χ2n) is 6.22. The second-order valence-corrected chi connectivity index (χ2v) is 6.22. The molecule has 3 heteroatoms. The summed E-state index contributed by atoms with van der Waals surface area (Å²) in [5, 5.41) is 2.92. The number of ether oxygens (including phenoxy) is 1. The van der Waals surface area contributed by atoms with Crippen LogP contribution in [0.4, 0.5) is 5.69 Å². The maximum atomic E-state index is 12.1. The third kappa shape index (κ3) is 3.73. The van der Waals surface area contributed by atoms with Crippen LogP contribution in [0.15, 0.2) is 36.4 Å². The molecule has 0 aromatic heterocycles. The fourth-order valence-corrected chi connectivity index (χ4v) is 3.02. The molecule has 1 N–H and O–H groups in total. The highest BCUT2D eigenvalue weighted by atomic mass is 16.5. The third-order valence-corrected chi connectivity index (χ3v) is 4.57. The lowest BCUT2D eigenvalue weighted by Crippen LogP contribution is -2.21. The Hall–Kier alpha value is -2.29. The molecule has 1 aliphatic carbocycles. The molecule has 0 aliphatic heterocycles. The van der Waals surface area contributed by atoms with Crippen LogP contribution in [0.3, 0.4) is 0 Å². The molecule has 0 atom stereocenters. The average Bonchev–Trinajstić information content (AvgIpc) is 2.57. The molecular formula is C20H23NO2. The van der Waals surface area contributed by atoms with Gasteiger partial charge in [-0.15, -0.1) is 0 Å². The van der Waals surface area contributed by atoms with E-state index in [0.717, 1.165) is 29.8 Å². The summed E-state index contributed by atoms with van der Waals surface area (Å²) in [6, 6.07) is 12.1. The molecule has 0 saturated carbocycles. The van der Waals surface area contributed by atoms with Gasteiger partial charge in [-0.25, -0.2) is 0 Å². The van der Waals surface area contributed by atoms with Crippen LogP contribution in [-0.4, -0.2) is 12.5 Å². The molecule has 0 bridgehead atoms. The van der Waals surface area contributed by atoms with Crippen molar-refractivity contribution in [2.75, 3.05) is 11.9 Å². The number of anilines is 1. The van der Waals surface area contributed by atoms with E-state index in [1.165, 1.54) is 29.5 Å². The Balaban J connectivity index is 1.60. The molecule has 0 spiro atoms. The van der Waals surface area contributed by atoms with Gasteiger partial charge in [0.05, 0.1) is 0 Å². The van der Waals surface area contributed by atoms with E-state index in [4.69, 9.17) is 4.74 Å². The van der Waals surface area contributed by atoms with Gasteiger partial charge in [-0.1, -0.05) is 18.2 Å².